The summed E-state index contributed by atoms with van der Waals surface area (Å²) in [5.41, 5.74) is 0.997. The van der Waals surface area contributed by atoms with Gasteiger partial charge in [-0.1, -0.05) is 26.0 Å². The standard InChI is InChI=1S/C20H25N3O6S/c1-14(2)15-4-6-16(7-5-15)29-13-20(24)22-11-10-21-18-9-8-17(30(3,27)28)12-19(18)23(25)26/h4-9,12,14,21H,10-11,13H2,1-3H3,(H,22,24). The van der Waals surface area contributed by atoms with Crippen molar-refractivity contribution in [3.8, 4) is 5.75 Å². The average Bonchev–Trinajstić information content (AvgIpc) is 2.69. The third-order valence-corrected chi connectivity index (χ3v) is 5.38. The minimum absolute atomic E-state index is 0.133. The summed E-state index contributed by atoms with van der Waals surface area (Å²) in [5, 5.41) is 16.7. The first-order chi connectivity index (χ1) is 14.1. The molecule has 0 spiro atoms. The number of carbonyl (C=O) groups excluding carboxylic acids is 1. The molecule has 0 fully saturated rings. The number of nitro benzene ring substituents is 1. The topological polar surface area (TPSA) is 128 Å². The number of nitrogens with one attached hydrogen (secondary N) is 2. The number of anilines is 1. The van der Waals surface area contributed by atoms with Crippen molar-refractivity contribution in [1.82, 2.24) is 5.32 Å². The predicted molar refractivity (Wildman–Crippen MR) is 114 cm³/mol. The molecule has 2 aromatic carbocycles. The Hall–Kier alpha value is -3.14. The Morgan fingerprint density at radius 1 is 1.13 bits per heavy atom. The SMILES string of the molecule is CC(C)c1ccc(OCC(=O)NCCNc2ccc(S(C)(=O)=O)cc2[N+](=O)[O-])cc1. The van der Waals surface area contributed by atoms with Gasteiger partial charge in [-0.25, -0.2) is 8.42 Å². The van der Waals surface area contributed by atoms with E-state index in [4.69, 9.17) is 4.74 Å². The second kappa shape index (κ2) is 10.1. The van der Waals surface area contributed by atoms with Crippen LogP contribution in [0.5, 0.6) is 5.75 Å². The van der Waals surface area contributed by atoms with Crippen molar-refractivity contribution in [2.24, 2.45) is 0 Å². The lowest BCUT2D eigenvalue weighted by Gasteiger charge is -2.11. The van der Waals surface area contributed by atoms with Crippen LogP contribution in [0.25, 0.3) is 0 Å². The molecule has 2 aromatic rings. The first-order valence-corrected chi connectivity index (χ1v) is 11.2. The Morgan fingerprint density at radius 2 is 1.80 bits per heavy atom. The summed E-state index contributed by atoms with van der Waals surface area (Å²) in [6.45, 7) is 4.45. The molecular weight excluding hydrogens is 410 g/mol. The number of ether oxygens (including phenoxy) is 1. The van der Waals surface area contributed by atoms with E-state index < -0.39 is 14.8 Å². The molecule has 2 N–H and O–H groups in total. The predicted octanol–water partition coefficient (Wildman–Crippen LogP) is 2.73. The molecule has 0 saturated carbocycles. The van der Waals surface area contributed by atoms with E-state index in [2.05, 4.69) is 24.5 Å². The van der Waals surface area contributed by atoms with Gasteiger partial charge in [-0.15, -0.1) is 0 Å². The first-order valence-electron chi connectivity index (χ1n) is 9.29. The Kier molecular flexibility index (Phi) is 7.76. The van der Waals surface area contributed by atoms with Crippen molar-refractivity contribution in [1.29, 1.82) is 0 Å². The van der Waals surface area contributed by atoms with Gasteiger partial charge in [0.15, 0.2) is 16.4 Å². The maximum absolute atomic E-state index is 11.9. The van der Waals surface area contributed by atoms with Gasteiger partial charge in [0.2, 0.25) is 0 Å². The van der Waals surface area contributed by atoms with Gasteiger partial charge in [0.05, 0.1) is 9.82 Å². The molecule has 2 rings (SSSR count). The minimum Gasteiger partial charge on any atom is -0.484 e. The van der Waals surface area contributed by atoms with Gasteiger partial charge in [0.25, 0.3) is 11.6 Å². The third kappa shape index (κ3) is 6.73. The summed E-state index contributed by atoms with van der Waals surface area (Å²) in [6, 6.07) is 11.1. The van der Waals surface area contributed by atoms with Crippen LogP contribution in [0.3, 0.4) is 0 Å². The molecule has 0 heterocycles. The van der Waals surface area contributed by atoms with E-state index in [0.717, 1.165) is 12.3 Å². The average molecular weight is 436 g/mol. The van der Waals surface area contributed by atoms with E-state index in [1.165, 1.54) is 17.7 Å². The number of hydrogen-bond acceptors (Lipinski definition) is 7. The number of nitro groups is 1. The zero-order valence-electron chi connectivity index (χ0n) is 17.0. The number of benzene rings is 2. The fourth-order valence-corrected chi connectivity index (χ4v) is 3.23. The number of rotatable bonds is 10. The Bertz CT molecular complexity index is 1000. The Labute approximate surface area is 175 Å². The monoisotopic (exact) mass is 435 g/mol. The van der Waals surface area contributed by atoms with E-state index in [1.54, 1.807) is 0 Å². The minimum atomic E-state index is -3.55. The molecule has 0 aliphatic carbocycles. The molecule has 0 aliphatic heterocycles. The van der Waals surface area contributed by atoms with Crippen molar-refractivity contribution >= 4 is 27.1 Å². The zero-order valence-corrected chi connectivity index (χ0v) is 17.9. The Balaban J connectivity index is 1.81. The smallest absolute Gasteiger partial charge is 0.293 e. The summed E-state index contributed by atoms with van der Waals surface area (Å²) in [4.78, 5) is 22.3. The van der Waals surface area contributed by atoms with Crippen molar-refractivity contribution in [3.63, 3.8) is 0 Å². The summed E-state index contributed by atoms with van der Waals surface area (Å²) < 4.78 is 28.6. The van der Waals surface area contributed by atoms with Crippen LogP contribution in [0.2, 0.25) is 0 Å². The van der Waals surface area contributed by atoms with Crippen LogP contribution in [-0.2, 0) is 14.6 Å². The van der Waals surface area contributed by atoms with Crippen LogP contribution < -0.4 is 15.4 Å². The molecule has 0 aromatic heterocycles. The highest BCUT2D eigenvalue weighted by Crippen LogP contribution is 2.27. The van der Waals surface area contributed by atoms with E-state index in [1.807, 2.05) is 24.3 Å². The van der Waals surface area contributed by atoms with Gasteiger partial charge in [0, 0.05) is 25.4 Å². The number of hydrogen-bond donors (Lipinski definition) is 2. The lowest BCUT2D eigenvalue weighted by molar-refractivity contribution is -0.384. The van der Waals surface area contributed by atoms with Gasteiger partial charge in [-0.3, -0.25) is 14.9 Å². The van der Waals surface area contributed by atoms with E-state index in [9.17, 15) is 23.3 Å². The molecule has 0 atom stereocenters. The quantitative estimate of drug-likeness (QED) is 0.334. The molecular formula is C20H25N3O6S. The maximum Gasteiger partial charge on any atom is 0.293 e. The molecule has 162 valence electrons. The zero-order chi connectivity index (χ0) is 22.3. The second-order valence-corrected chi connectivity index (χ2v) is 9.01. The molecule has 0 radical (unpaired) electrons. The maximum atomic E-state index is 11.9. The molecule has 30 heavy (non-hydrogen) atoms. The molecule has 10 heteroatoms. The van der Waals surface area contributed by atoms with Gasteiger partial charge in [-0.2, -0.15) is 0 Å². The summed E-state index contributed by atoms with van der Waals surface area (Å²) >= 11 is 0. The summed E-state index contributed by atoms with van der Waals surface area (Å²) in [6.07, 6.45) is 0.982. The lowest BCUT2D eigenvalue weighted by Crippen LogP contribution is -2.32. The van der Waals surface area contributed by atoms with Crippen molar-refractivity contribution in [2.75, 3.05) is 31.3 Å². The molecule has 0 aliphatic rings. The van der Waals surface area contributed by atoms with Crippen molar-refractivity contribution in [2.45, 2.75) is 24.7 Å². The van der Waals surface area contributed by atoms with Crippen LogP contribution in [0.1, 0.15) is 25.3 Å². The highest BCUT2D eigenvalue weighted by Gasteiger charge is 2.18. The molecule has 1 amide bonds. The lowest BCUT2D eigenvalue weighted by atomic mass is 10.0. The highest BCUT2D eigenvalue weighted by molar-refractivity contribution is 7.90. The van der Waals surface area contributed by atoms with Crippen LogP contribution in [0, 0.1) is 10.1 Å². The summed E-state index contributed by atoms with van der Waals surface area (Å²) in [7, 11) is -3.55. The summed E-state index contributed by atoms with van der Waals surface area (Å²) in [5.74, 6) is 0.675. The van der Waals surface area contributed by atoms with E-state index in [-0.39, 0.29) is 41.9 Å². The largest absolute Gasteiger partial charge is 0.484 e. The third-order valence-electron chi connectivity index (χ3n) is 4.27. The molecule has 0 bridgehead atoms. The van der Waals surface area contributed by atoms with Gasteiger partial charge in [-0.05, 0) is 35.7 Å². The van der Waals surface area contributed by atoms with Crippen LogP contribution >= 0.6 is 0 Å². The number of carbonyl (C=O) groups is 1. The Morgan fingerprint density at radius 3 is 2.37 bits per heavy atom. The van der Waals surface area contributed by atoms with Crippen LogP contribution in [0.4, 0.5) is 11.4 Å². The first kappa shape index (κ1) is 23.1. The van der Waals surface area contributed by atoms with Crippen molar-refractivity contribution < 1.29 is 22.9 Å². The molecule has 0 unspecified atom stereocenters. The second-order valence-electron chi connectivity index (χ2n) is 7.00. The van der Waals surface area contributed by atoms with Crippen molar-refractivity contribution in [3.05, 3.63) is 58.1 Å². The normalized spacial score (nSPS) is 11.2. The van der Waals surface area contributed by atoms with Crippen LogP contribution in [0.15, 0.2) is 47.4 Å². The number of sulfone groups is 1. The van der Waals surface area contributed by atoms with E-state index in [0.29, 0.717) is 11.7 Å². The fraction of sp³-hybridized carbons (Fsp3) is 0.350. The van der Waals surface area contributed by atoms with Gasteiger partial charge >= 0.3 is 0 Å². The molecule has 9 nitrogen and oxygen atoms in total. The van der Waals surface area contributed by atoms with E-state index >= 15 is 0 Å². The highest BCUT2D eigenvalue weighted by atomic mass is 32.2. The van der Waals surface area contributed by atoms with Crippen LogP contribution in [-0.4, -0.2) is 45.2 Å². The fourth-order valence-electron chi connectivity index (χ4n) is 2.59. The van der Waals surface area contributed by atoms with Gasteiger partial charge < -0.3 is 15.4 Å². The molecule has 0 saturated heterocycles. The van der Waals surface area contributed by atoms with Gasteiger partial charge in [0.1, 0.15) is 11.4 Å². The number of amides is 1. The number of nitrogens with zero attached hydrogens (tertiary/aromatic N) is 1.